The molecule has 0 radical (unpaired) electrons. The van der Waals surface area contributed by atoms with Crippen LogP contribution in [0.15, 0.2) is 79.3 Å². The molecule has 1 aliphatic carbocycles. The van der Waals surface area contributed by atoms with Gasteiger partial charge in [0.25, 0.3) is 5.56 Å². The standard InChI is InChI=1S/C27H19BrN2O5S/c1-26-21(24(32)33-2)27(26)22(17-5-3-4-6-19(17)35-27)30-23(31)20(36-25(30)29-26)13-16-11-12-18(34-16)14-7-9-15(28)10-8-14/h3-13,21-22H,1-2H3/b20-13-/t21-,22-,26+,27+/m1/s1. The summed E-state index contributed by atoms with van der Waals surface area (Å²) in [6, 6.07) is 18.7. The number of carbonyl (C=O) groups excluding carboxylic acids is 1. The van der Waals surface area contributed by atoms with Crippen LogP contribution in [0, 0.1) is 5.92 Å². The number of hydrogen-bond acceptors (Lipinski definition) is 7. The molecule has 4 heterocycles. The zero-order valence-electron chi connectivity index (χ0n) is 19.2. The number of ether oxygens (including phenoxy) is 2. The third kappa shape index (κ3) is 2.70. The molecule has 9 heteroatoms. The molecule has 1 fully saturated rings. The Morgan fingerprint density at radius 3 is 2.72 bits per heavy atom. The fourth-order valence-electron chi connectivity index (χ4n) is 5.79. The molecule has 36 heavy (non-hydrogen) atoms. The molecular weight excluding hydrogens is 544 g/mol. The van der Waals surface area contributed by atoms with Gasteiger partial charge in [-0.15, -0.1) is 0 Å². The van der Waals surface area contributed by atoms with Gasteiger partial charge in [0, 0.05) is 21.7 Å². The molecule has 0 saturated heterocycles. The van der Waals surface area contributed by atoms with E-state index in [1.54, 1.807) is 10.6 Å². The average Bonchev–Trinajstić information content (AvgIpc) is 3.28. The maximum atomic E-state index is 13.8. The van der Waals surface area contributed by atoms with Gasteiger partial charge in [-0.2, -0.15) is 0 Å². The molecule has 4 aromatic rings. The van der Waals surface area contributed by atoms with Gasteiger partial charge in [0.2, 0.25) is 0 Å². The highest BCUT2D eigenvalue weighted by Gasteiger charge is 2.88. The second-order valence-electron chi connectivity index (χ2n) is 9.33. The van der Waals surface area contributed by atoms with Gasteiger partial charge in [-0.3, -0.25) is 14.2 Å². The number of methoxy groups -OCH3 is 1. The minimum absolute atomic E-state index is 0.192. The van der Waals surface area contributed by atoms with E-state index in [1.807, 2.05) is 67.6 Å². The largest absolute Gasteiger partial charge is 0.481 e. The number of halogens is 1. The lowest BCUT2D eigenvalue weighted by Crippen LogP contribution is -2.47. The van der Waals surface area contributed by atoms with Crippen LogP contribution < -0.4 is 19.6 Å². The number of para-hydroxylation sites is 1. The number of hydrogen-bond donors (Lipinski definition) is 0. The molecule has 0 bridgehead atoms. The van der Waals surface area contributed by atoms with Crippen LogP contribution in [0.2, 0.25) is 0 Å². The van der Waals surface area contributed by atoms with E-state index in [9.17, 15) is 9.59 Å². The fourth-order valence-corrected chi connectivity index (χ4v) is 7.13. The lowest BCUT2D eigenvalue weighted by atomic mass is 9.97. The quantitative estimate of drug-likeness (QED) is 0.356. The molecule has 1 saturated carbocycles. The monoisotopic (exact) mass is 562 g/mol. The van der Waals surface area contributed by atoms with E-state index in [0.717, 1.165) is 15.6 Å². The Balaban J connectivity index is 1.38. The van der Waals surface area contributed by atoms with Crippen molar-refractivity contribution in [2.75, 3.05) is 7.11 Å². The predicted molar refractivity (Wildman–Crippen MR) is 137 cm³/mol. The number of aromatic nitrogens is 1. The molecule has 7 rings (SSSR count). The summed E-state index contributed by atoms with van der Waals surface area (Å²) >= 11 is 4.73. The zero-order chi connectivity index (χ0) is 24.8. The molecule has 7 nitrogen and oxygen atoms in total. The third-order valence-electron chi connectivity index (χ3n) is 7.49. The Morgan fingerprint density at radius 2 is 1.94 bits per heavy atom. The minimum Gasteiger partial charge on any atom is -0.481 e. The number of esters is 1. The van der Waals surface area contributed by atoms with Crippen molar-refractivity contribution in [2.24, 2.45) is 10.9 Å². The van der Waals surface area contributed by atoms with Crippen LogP contribution in [0.1, 0.15) is 24.3 Å². The maximum absolute atomic E-state index is 13.8. The van der Waals surface area contributed by atoms with Gasteiger partial charge in [0.05, 0.1) is 11.6 Å². The first-order chi connectivity index (χ1) is 17.4. The van der Waals surface area contributed by atoms with Crippen LogP contribution in [0.4, 0.5) is 0 Å². The number of nitrogens with zero attached hydrogens (tertiary/aromatic N) is 2. The van der Waals surface area contributed by atoms with Gasteiger partial charge < -0.3 is 13.9 Å². The number of furan rings is 1. The molecule has 4 atom stereocenters. The van der Waals surface area contributed by atoms with Crippen molar-refractivity contribution in [3.63, 3.8) is 0 Å². The van der Waals surface area contributed by atoms with Crippen LogP contribution in [0.5, 0.6) is 5.75 Å². The summed E-state index contributed by atoms with van der Waals surface area (Å²) in [5, 5.41) is 0. The first kappa shape index (κ1) is 21.8. The van der Waals surface area contributed by atoms with E-state index in [2.05, 4.69) is 15.9 Å². The topological polar surface area (TPSA) is 83.0 Å². The Morgan fingerprint density at radius 1 is 1.17 bits per heavy atom. The van der Waals surface area contributed by atoms with Crippen molar-refractivity contribution in [3.05, 3.63) is 96.1 Å². The molecule has 2 aromatic carbocycles. The van der Waals surface area contributed by atoms with Gasteiger partial charge in [-0.05, 0) is 37.3 Å². The van der Waals surface area contributed by atoms with Crippen molar-refractivity contribution in [3.8, 4) is 17.1 Å². The highest BCUT2D eigenvalue weighted by molar-refractivity contribution is 9.10. The van der Waals surface area contributed by atoms with Crippen LogP contribution in [0.25, 0.3) is 17.4 Å². The summed E-state index contributed by atoms with van der Waals surface area (Å²) < 4.78 is 20.7. The summed E-state index contributed by atoms with van der Waals surface area (Å²) in [6.07, 6.45) is 1.75. The van der Waals surface area contributed by atoms with Crippen molar-refractivity contribution >= 4 is 39.3 Å². The molecule has 2 aliphatic heterocycles. The summed E-state index contributed by atoms with van der Waals surface area (Å²) in [5.41, 5.74) is -0.203. The Bertz CT molecular complexity index is 1750. The van der Waals surface area contributed by atoms with Crippen molar-refractivity contribution in [2.45, 2.75) is 24.1 Å². The summed E-state index contributed by atoms with van der Waals surface area (Å²) in [4.78, 5) is 32.0. The van der Waals surface area contributed by atoms with Gasteiger partial charge in [0.15, 0.2) is 10.4 Å². The lowest BCUT2D eigenvalue weighted by molar-refractivity contribution is -0.144. The van der Waals surface area contributed by atoms with E-state index in [4.69, 9.17) is 18.9 Å². The van der Waals surface area contributed by atoms with Crippen LogP contribution >= 0.6 is 27.3 Å². The Labute approximate surface area is 217 Å². The average molecular weight is 563 g/mol. The van der Waals surface area contributed by atoms with Gasteiger partial charge in [-0.25, -0.2) is 4.99 Å². The smallest absolute Gasteiger partial charge is 0.315 e. The molecule has 3 aliphatic rings. The Hall–Kier alpha value is -3.43. The van der Waals surface area contributed by atoms with E-state index < -0.39 is 23.1 Å². The molecule has 0 amide bonds. The predicted octanol–water partition coefficient (Wildman–Crippen LogP) is 3.68. The molecule has 2 aromatic heterocycles. The van der Waals surface area contributed by atoms with Gasteiger partial charge >= 0.3 is 5.97 Å². The number of thiazole rings is 1. The van der Waals surface area contributed by atoms with Gasteiger partial charge in [0.1, 0.15) is 34.8 Å². The molecule has 0 N–H and O–H groups in total. The minimum atomic E-state index is -0.988. The molecular formula is C27H19BrN2O5S. The van der Waals surface area contributed by atoms with Gasteiger partial charge in [-0.1, -0.05) is 57.6 Å². The second kappa shape index (κ2) is 7.30. The number of carbonyl (C=O) groups is 1. The molecule has 180 valence electrons. The summed E-state index contributed by atoms with van der Waals surface area (Å²) in [7, 11) is 1.37. The number of rotatable bonds is 3. The normalized spacial score (nSPS) is 27.2. The third-order valence-corrected chi connectivity index (χ3v) is 9.00. The van der Waals surface area contributed by atoms with Crippen LogP contribution in [-0.2, 0) is 9.53 Å². The van der Waals surface area contributed by atoms with Crippen molar-refractivity contribution in [1.82, 2.24) is 4.57 Å². The second-order valence-corrected chi connectivity index (χ2v) is 11.3. The van der Waals surface area contributed by atoms with E-state index in [1.165, 1.54) is 18.4 Å². The lowest BCUT2D eigenvalue weighted by Gasteiger charge is -2.26. The number of fused-ring (bicyclic) bond motifs is 4. The first-order valence-electron chi connectivity index (χ1n) is 11.4. The first-order valence-corrected chi connectivity index (χ1v) is 13.0. The van der Waals surface area contributed by atoms with E-state index in [0.29, 0.717) is 26.6 Å². The SMILES string of the molecule is COC(=O)[C@H]1[C@]23Oc4ccccc4[C@H]2n2c(s/c(=C\c4ccc(-c5ccc(Br)cc5)o4)c2=O)=N[C@@]13C. The van der Waals surface area contributed by atoms with Crippen LogP contribution in [0.3, 0.4) is 0 Å². The summed E-state index contributed by atoms with van der Waals surface area (Å²) in [5.74, 6) is 0.962. The fraction of sp³-hybridized carbons (Fsp3) is 0.222. The van der Waals surface area contributed by atoms with Crippen molar-refractivity contribution < 1.29 is 18.7 Å². The number of benzene rings is 2. The van der Waals surface area contributed by atoms with E-state index in [-0.39, 0.29) is 11.5 Å². The zero-order valence-corrected chi connectivity index (χ0v) is 21.6. The maximum Gasteiger partial charge on any atom is 0.315 e. The Kier molecular flexibility index (Phi) is 4.43. The highest BCUT2D eigenvalue weighted by atomic mass is 79.9. The van der Waals surface area contributed by atoms with Crippen molar-refractivity contribution in [1.29, 1.82) is 0 Å². The van der Waals surface area contributed by atoms with Crippen LogP contribution in [-0.4, -0.2) is 28.8 Å². The summed E-state index contributed by atoms with van der Waals surface area (Å²) in [6.45, 7) is 1.90. The van der Waals surface area contributed by atoms with E-state index >= 15 is 0 Å². The molecule has 1 spiro atoms. The highest BCUT2D eigenvalue weighted by Crippen LogP contribution is 2.70. The molecule has 0 unspecified atom stereocenters.